The normalized spacial score (nSPS) is 11.2. The molecule has 0 aliphatic carbocycles. The second kappa shape index (κ2) is 34.7. The van der Waals surface area contributed by atoms with Crippen LogP contribution in [0, 0.1) is 0 Å². The third kappa shape index (κ3) is 16.6. The Balaban J connectivity index is 0.000000109. The Morgan fingerprint density at radius 2 is 0.395 bits per heavy atom. The quantitative estimate of drug-likeness (QED) is 0.0903. The van der Waals surface area contributed by atoms with E-state index >= 15 is 0 Å². The first-order chi connectivity index (χ1) is 58.4. The predicted molar refractivity (Wildman–Crippen MR) is 520 cm³/mol. The molecule has 566 valence electrons. The molecule has 9 heteroatoms. The van der Waals surface area contributed by atoms with Crippen molar-refractivity contribution in [3.05, 3.63) is 444 Å². The summed E-state index contributed by atoms with van der Waals surface area (Å²) in [5.74, 6) is 0. The van der Waals surface area contributed by atoms with Crippen LogP contribution in [0.2, 0.25) is 0 Å². The van der Waals surface area contributed by atoms with Crippen molar-refractivity contribution in [2.45, 2.75) is 0 Å². The van der Waals surface area contributed by atoms with E-state index in [9.17, 15) is 10.0 Å². The first-order valence-electron chi connectivity index (χ1n) is 39.7. The highest BCUT2D eigenvalue weighted by atomic mass is 79.9. The van der Waals surface area contributed by atoms with Gasteiger partial charge in [-0.2, -0.15) is 0 Å². The number of fused-ring (bicyclic) bond motifs is 14. The Hall–Kier alpha value is -12.9. The topological polar surface area (TPSA) is 80.9 Å². The van der Waals surface area contributed by atoms with Crippen molar-refractivity contribution in [1.82, 2.24) is 0 Å². The lowest BCUT2D eigenvalue weighted by Gasteiger charge is -2.12. The van der Waals surface area contributed by atoms with E-state index in [0.717, 1.165) is 40.7 Å². The SMILES string of the molecule is Brc1ccc2c(ccc3cc(-c4cccc(-c5cccc6ccccc56)c4)ccc32)c1.Brc1ccc2c(ccc3cc(Br)ccc32)c1.OB(O)c1cccc(-c2cccc3ccccc23)c1.OB(O)c1cccc2ccccc12.c1cc(-c2ccc3c(ccc4cc(-c5cccc6ccccc56)ccc43)c2)cc(-c2cccc3ccccc23)c1. The molecule has 0 unspecified atom stereocenters. The zero-order valence-corrected chi connectivity index (χ0v) is 69.3. The van der Waals surface area contributed by atoms with Crippen molar-refractivity contribution in [1.29, 1.82) is 0 Å². The van der Waals surface area contributed by atoms with Gasteiger partial charge in [0, 0.05) is 13.4 Å². The first-order valence-corrected chi connectivity index (χ1v) is 42.0. The molecule has 0 saturated heterocycles. The Labute approximate surface area is 716 Å². The molecule has 0 fully saturated rings. The molecule has 0 aromatic heterocycles. The van der Waals surface area contributed by atoms with E-state index < -0.39 is 14.2 Å². The molecule has 4 N–H and O–H groups in total. The molecule has 0 amide bonds. The van der Waals surface area contributed by atoms with Gasteiger partial charge in [-0.1, -0.05) is 412 Å². The molecule has 22 aromatic rings. The van der Waals surface area contributed by atoms with E-state index in [1.54, 1.807) is 12.1 Å². The van der Waals surface area contributed by atoms with Gasteiger partial charge in [-0.3, -0.25) is 0 Å². The molecule has 0 aliphatic rings. The third-order valence-electron chi connectivity index (χ3n) is 22.5. The second-order valence-electron chi connectivity index (χ2n) is 29.8. The molecule has 22 aromatic carbocycles. The summed E-state index contributed by atoms with van der Waals surface area (Å²) < 4.78 is 3.36. The van der Waals surface area contributed by atoms with Crippen LogP contribution in [0.3, 0.4) is 0 Å². The number of hydrogen-bond acceptors (Lipinski definition) is 4. The Bertz CT molecular complexity index is 7510. The van der Waals surface area contributed by atoms with Crippen LogP contribution in [0.15, 0.2) is 444 Å². The van der Waals surface area contributed by atoms with Gasteiger partial charge in [0.05, 0.1) is 0 Å². The standard InChI is InChI=1S/C40H26.C30H19Br.C16H13BO2.C14H8Br2.C10H9BO2/c1-3-14-35-27(8-1)10-6-16-37(35)31-13-5-12-29(24-31)30-20-22-39-32(25-30)18-19-33-26-34(21-23-40(33)39)38-17-7-11-28-9-2-4-15-36(28)38;31-26-14-16-30-25(19-26)12-11-24-18-22(13-15-29(24)30)21-7-3-8-23(17-21)28-10-4-6-20-5-1-2-9-27(20)28;18-17(19)14-8-3-7-13(11-14)16-10-4-6-12-5-1-2-9-15(12)16;15-11-3-5-13-9(7-11)1-2-10-8-12(16)4-6-14(10)13;12-11(13)10-7-3-5-8-4-1-2-6-9(8)10/h1-26H;1-19H;1-11,18-19H;1-8H;1-7,12-13H. The molecule has 0 heterocycles. The van der Waals surface area contributed by atoms with Crippen molar-refractivity contribution >= 4 is 191 Å². The van der Waals surface area contributed by atoms with Crippen LogP contribution in [0.5, 0.6) is 0 Å². The Morgan fingerprint density at radius 3 is 0.748 bits per heavy atom. The van der Waals surface area contributed by atoms with Crippen LogP contribution >= 0.6 is 47.8 Å². The lowest BCUT2D eigenvalue weighted by atomic mass is 9.77. The van der Waals surface area contributed by atoms with Gasteiger partial charge in [-0.15, -0.1) is 0 Å². The molecule has 0 saturated carbocycles. The van der Waals surface area contributed by atoms with Gasteiger partial charge in [-0.25, -0.2) is 0 Å². The molecule has 119 heavy (non-hydrogen) atoms. The average molecular weight is 1720 g/mol. The fourth-order valence-corrected chi connectivity index (χ4v) is 17.8. The van der Waals surface area contributed by atoms with Gasteiger partial charge < -0.3 is 20.1 Å². The summed E-state index contributed by atoms with van der Waals surface area (Å²) in [4.78, 5) is 0. The Kier molecular flexibility index (Phi) is 22.6. The molecule has 0 spiro atoms. The summed E-state index contributed by atoms with van der Waals surface area (Å²) in [5.41, 5.74) is 15.7. The molecule has 0 atom stereocenters. The van der Waals surface area contributed by atoms with E-state index in [2.05, 4.69) is 388 Å². The maximum atomic E-state index is 9.26. The maximum absolute atomic E-state index is 9.26. The zero-order chi connectivity index (χ0) is 80.9. The molecule has 4 nitrogen and oxygen atoms in total. The van der Waals surface area contributed by atoms with Crippen LogP contribution in [0.1, 0.15) is 0 Å². The molecule has 22 rings (SSSR count). The highest BCUT2D eigenvalue weighted by Crippen LogP contribution is 2.40. The largest absolute Gasteiger partial charge is 0.489 e. The number of rotatable bonds is 8. The molecule has 0 radical (unpaired) electrons. The minimum Gasteiger partial charge on any atom is -0.423 e. The van der Waals surface area contributed by atoms with Crippen molar-refractivity contribution in [2.24, 2.45) is 0 Å². The van der Waals surface area contributed by atoms with Crippen LogP contribution in [-0.2, 0) is 0 Å². The van der Waals surface area contributed by atoms with Crippen molar-refractivity contribution < 1.29 is 20.1 Å². The van der Waals surface area contributed by atoms with E-state index in [1.807, 2.05) is 78.9 Å². The fraction of sp³-hybridized carbons (Fsp3) is 0. The van der Waals surface area contributed by atoms with E-state index in [4.69, 9.17) is 10.0 Å². The first kappa shape index (κ1) is 77.3. The van der Waals surface area contributed by atoms with Crippen molar-refractivity contribution in [2.75, 3.05) is 0 Å². The highest BCUT2D eigenvalue weighted by Gasteiger charge is 2.17. The zero-order valence-electron chi connectivity index (χ0n) is 64.6. The summed E-state index contributed by atoms with van der Waals surface area (Å²) in [5, 5.41) is 64.0. The number of benzene rings is 22. The monoisotopic (exact) mass is 1720 g/mol. The fourth-order valence-electron chi connectivity index (χ4n) is 16.6. The molecule has 0 bridgehead atoms. The van der Waals surface area contributed by atoms with Crippen molar-refractivity contribution in [3.63, 3.8) is 0 Å². The lowest BCUT2D eigenvalue weighted by molar-refractivity contribution is 0.424. The van der Waals surface area contributed by atoms with Crippen LogP contribution in [0.25, 0.3) is 185 Å². The van der Waals surface area contributed by atoms with Gasteiger partial charge in [0.2, 0.25) is 0 Å². The third-order valence-corrected chi connectivity index (χ3v) is 24.0. The smallest absolute Gasteiger partial charge is 0.423 e. The van der Waals surface area contributed by atoms with Crippen LogP contribution in [-0.4, -0.2) is 34.3 Å². The molecule has 0 aliphatic heterocycles. The Morgan fingerprint density at radius 1 is 0.151 bits per heavy atom. The second-order valence-corrected chi connectivity index (χ2v) is 32.6. The average Bonchev–Trinajstić information content (AvgIpc) is 0.772. The van der Waals surface area contributed by atoms with Crippen LogP contribution in [0.4, 0.5) is 0 Å². The summed E-state index contributed by atoms with van der Waals surface area (Å²) >= 11 is 10.6. The van der Waals surface area contributed by atoms with Gasteiger partial charge in [0.25, 0.3) is 0 Å². The van der Waals surface area contributed by atoms with Gasteiger partial charge in [0.1, 0.15) is 0 Å². The lowest BCUT2D eigenvalue weighted by Crippen LogP contribution is -2.30. The van der Waals surface area contributed by atoms with Gasteiger partial charge in [-0.05, 0) is 263 Å². The highest BCUT2D eigenvalue weighted by molar-refractivity contribution is 9.11. The maximum Gasteiger partial charge on any atom is 0.489 e. The number of hydrogen-bond donors (Lipinski definition) is 4. The minimum absolute atomic E-state index is 0.505. The van der Waals surface area contributed by atoms with Gasteiger partial charge in [0.15, 0.2) is 0 Å². The summed E-state index contributed by atoms with van der Waals surface area (Å²) in [7, 11) is -2.83. The van der Waals surface area contributed by atoms with E-state index in [1.165, 1.54) is 158 Å². The predicted octanol–water partition coefficient (Wildman–Crippen LogP) is 28.8. The van der Waals surface area contributed by atoms with Gasteiger partial charge >= 0.3 is 14.2 Å². The summed E-state index contributed by atoms with van der Waals surface area (Å²) in [6.07, 6.45) is 0. The van der Waals surface area contributed by atoms with Crippen molar-refractivity contribution in [3.8, 4) is 66.8 Å². The molecular formula is C110H75B2Br3O4. The summed E-state index contributed by atoms with van der Waals surface area (Å²) in [6.45, 7) is 0. The minimum atomic E-state index is -1.44. The number of halogens is 3. The van der Waals surface area contributed by atoms with Crippen LogP contribution < -0.4 is 10.9 Å². The molecular weight excluding hydrogens is 1650 g/mol. The summed E-state index contributed by atoms with van der Waals surface area (Å²) in [6, 6.07) is 151. The van der Waals surface area contributed by atoms with E-state index in [0.29, 0.717) is 10.9 Å². The van der Waals surface area contributed by atoms with E-state index in [-0.39, 0.29) is 0 Å².